The molecule has 3 rings (SSSR count). The zero-order valence-electron chi connectivity index (χ0n) is 13.0. The third-order valence-electron chi connectivity index (χ3n) is 4.29. The van der Waals surface area contributed by atoms with E-state index in [1.165, 1.54) is 12.1 Å². The lowest BCUT2D eigenvalue weighted by molar-refractivity contribution is -0.197. The molecular weight excluding hydrogens is 359 g/mol. The zero-order chi connectivity index (χ0) is 18.4. The second kappa shape index (κ2) is 5.95. The number of alkyl halides is 3. The maximum absolute atomic E-state index is 14.3. The summed E-state index contributed by atoms with van der Waals surface area (Å²) in [5.74, 6) is 0.0423. The second-order valence-corrected chi connectivity index (χ2v) is 6.42. The number of methoxy groups -OCH3 is 1. The van der Waals surface area contributed by atoms with Crippen LogP contribution in [-0.2, 0) is 19.7 Å². The molecule has 0 spiro atoms. The number of esters is 1. The van der Waals surface area contributed by atoms with Gasteiger partial charge < -0.3 is 10.1 Å². The van der Waals surface area contributed by atoms with Crippen LogP contribution in [0.4, 0.5) is 18.9 Å². The number of fused-ring (bicyclic) bond motifs is 1. The van der Waals surface area contributed by atoms with Gasteiger partial charge in [0.1, 0.15) is 0 Å². The van der Waals surface area contributed by atoms with E-state index in [0.29, 0.717) is 12.8 Å². The summed E-state index contributed by atoms with van der Waals surface area (Å²) in [6.45, 7) is 0. The van der Waals surface area contributed by atoms with Crippen molar-refractivity contribution in [1.29, 1.82) is 0 Å². The number of carbonyl (C=O) groups is 2. The molecule has 1 N–H and O–H groups in total. The lowest BCUT2D eigenvalue weighted by Crippen LogP contribution is -2.58. The molecule has 132 valence electrons. The van der Waals surface area contributed by atoms with E-state index in [0.717, 1.165) is 13.2 Å². The molecule has 1 aromatic rings. The Bertz CT molecular complexity index is 808. The van der Waals surface area contributed by atoms with Crippen molar-refractivity contribution in [1.82, 2.24) is 0 Å². The third-order valence-corrected chi connectivity index (χ3v) is 4.53. The van der Waals surface area contributed by atoms with Gasteiger partial charge in [0.15, 0.2) is 11.3 Å². The summed E-state index contributed by atoms with van der Waals surface area (Å²) in [7, 11) is 0.929. The smallest absolute Gasteiger partial charge is 0.410 e. The highest BCUT2D eigenvalue weighted by atomic mass is 35.5. The molecule has 25 heavy (non-hydrogen) atoms. The Balaban J connectivity index is 2.34. The number of nitrogens with one attached hydrogen (secondary N) is 1. The monoisotopic (exact) mass is 371 g/mol. The van der Waals surface area contributed by atoms with E-state index in [1.807, 2.05) is 0 Å². The molecule has 1 fully saturated rings. The Morgan fingerprint density at radius 2 is 2.08 bits per heavy atom. The molecule has 8 heteroatoms. The third kappa shape index (κ3) is 2.85. The highest BCUT2D eigenvalue weighted by molar-refractivity contribution is 6.30. The fourth-order valence-electron chi connectivity index (χ4n) is 2.88. The molecule has 1 aromatic carbocycles. The van der Waals surface area contributed by atoms with Crippen molar-refractivity contribution in [2.45, 2.75) is 24.4 Å². The summed E-state index contributed by atoms with van der Waals surface area (Å²) in [5, 5.41) is 2.36. The van der Waals surface area contributed by atoms with Gasteiger partial charge in [-0.25, -0.2) is 0 Å². The molecule has 2 aliphatic rings. The SMILES string of the molecule is COC(=O)[C@H]1C(=O)Nc2ccc(Cl)cc2C1(C#CC1CC1)C(F)(F)F. The van der Waals surface area contributed by atoms with E-state index in [4.69, 9.17) is 11.6 Å². The molecular formula is C17H13ClF3NO3. The van der Waals surface area contributed by atoms with Crippen LogP contribution in [-0.4, -0.2) is 25.2 Å². The zero-order valence-corrected chi connectivity index (χ0v) is 13.8. The molecule has 0 bridgehead atoms. The molecule has 1 aliphatic carbocycles. The van der Waals surface area contributed by atoms with Crippen molar-refractivity contribution in [3.8, 4) is 11.8 Å². The molecule has 0 radical (unpaired) electrons. The minimum absolute atomic E-state index is 0.0420. The van der Waals surface area contributed by atoms with E-state index in [1.54, 1.807) is 0 Å². The Kier molecular flexibility index (Phi) is 4.20. The van der Waals surface area contributed by atoms with E-state index < -0.39 is 29.4 Å². The quantitative estimate of drug-likeness (QED) is 0.468. The summed E-state index contributed by atoms with van der Waals surface area (Å²) in [4.78, 5) is 24.5. The van der Waals surface area contributed by atoms with Crippen molar-refractivity contribution in [3.63, 3.8) is 0 Å². The topological polar surface area (TPSA) is 55.4 Å². The predicted octanol–water partition coefficient (Wildman–Crippen LogP) is 3.29. The van der Waals surface area contributed by atoms with Crippen LogP contribution in [0.25, 0.3) is 0 Å². The summed E-state index contributed by atoms with van der Waals surface area (Å²) >= 11 is 5.88. The average Bonchev–Trinajstić information content (AvgIpc) is 3.35. The number of benzene rings is 1. The maximum atomic E-state index is 14.3. The summed E-state index contributed by atoms with van der Waals surface area (Å²) in [6.07, 6.45) is -3.61. The molecule has 1 aliphatic heterocycles. The van der Waals surface area contributed by atoms with E-state index in [2.05, 4.69) is 21.9 Å². The summed E-state index contributed by atoms with van der Waals surface area (Å²) < 4.78 is 47.3. The van der Waals surface area contributed by atoms with Crippen LogP contribution in [0.3, 0.4) is 0 Å². The van der Waals surface area contributed by atoms with E-state index >= 15 is 0 Å². The van der Waals surface area contributed by atoms with Crippen molar-refractivity contribution in [2.75, 3.05) is 12.4 Å². The van der Waals surface area contributed by atoms with E-state index in [9.17, 15) is 22.8 Å². The molecule has 1 amide bonds. The van der Waals surface area contributed by atoms with Gasteiger partial charge in [0.2, 0.25) is 5.91 Å². The Hall–Kier alpha value is -2.20. The first kappa shape index (κ1) is 17.6. The lowest BCUT2D eigenvalue weighted by Gasteiger charge is -2.40. The van der Waals surface area contributed by atoms with Crippen molar-refractivity contribution < 1.29 is 27.5 Å². The predicted molar refractivity (Wildman–Crippen MR) is 83.8 cm³/mol. The van der Waals surface area contributed by atoms with Crippen molar-refractivity contribution in [2.24, 2.45) is 11.8 Å². The van der Waals surface area contributed by atoms with Crippen LogP contribution in [0.15, 0.2) is 18.2 Å². The van der Waals surface area contributed by atoms with Crippen LogP contribution in [0.5, 0.6) is 0 Å². The summed E-state index contributed by atoms with van der Waals surface area (Å²) in [6, 6.07) is 3.71. The molecule has 2 atom stereocenters. The molecule has 0 saturated heterocycles. The molecule has 1 unspecified atom stereocenters. The van der Waals surface area contributed by atoms with Gasteiger partial charge in [-0.3, -0.25) is 9.59 Å². The van der Waals surface area contributed by atoms with Gasteiger partial charge in [0.25, 0.3) is 0 Å². The highest BCUT2D eigenvalue weighted by Crippen LogP contribution is 2.52. The number of carbonyl (C=O) groups excluding carboxylic acids is 2. The number of halogens is 4. The number of hydrogen-bond acceptors (Lipinski definition) is 3. The van der Waals surface area contributed by atoms with Crippen LogP contribution in [0.1, 0.15) is 18.4 Å². The molecule has 1 saturated carbocycles. The molecule has 0 aromatic heterocycles. The normalized spacial score (nSPS) is 25.3. The fraction of sp³-hybridized carbons (Fsp3) is 0.412. The molecule has 1 heterocycles. The van der Waals surface area contributed by atoms with Crippen LogP contribution < -0.4 is 5.32 Å². The van der Waals surface area contributed by atoms with Gasteiger partial charge in [-0.15, -0.1) is 0 Å². The minimum Gasteiger partial charge on any atom is -0.468 e. The largest absolute Gasteiger partial charge is 0.468 e. The van der Waals surface area contributed by atoms with Crippen LogP contribution in [0.2, 0.25) is 5.02 Å². The average molecular weight is 372 g/mol. The van der Waals surface area contributed by atoms with Gasteiger partial charge in [-0.1, -0.05) is 23.4 Å². The summed E-state index contributed by atoms with van der Waals surface area (Å²) in [5.41, 5.74) is -3.43. The van der Waals surface area contributed by atoms with Gasteiger partial charge in [0.05, 0.1) is 7.11 Å². The Morgan fingerprint density at radius 3 is 2.64 bits per heavy atom. The first-order chi connectivity index (χ1) is 11.7. The van der Waals surface area contributed by atoms with Crippen LogP contribution in [0, 0.1) is 23.7 Å². The Labute approximate surface area is 146 Å². The van der Waals surface area contributed by atoms with Gasteiger partial charge in [0, 0.05) is 22.2 Å². The number of anilines is 1. The minimum atomic E-state index is -5.00. The molecule has 4 nitrogen and oxygen atoms in total. The first-order valence-electron chi connectivity index (χ1n) is 7.49. The lowest BCUT2D eigenvalue weighted by atomic mass is 9.66. The standard InChI is InChI=1S/C17H13ClF3NO3/c1-25-15(24)13-14(23)22-12-5-4-10(18)8-11(12)16(13,17(19,20)21)7-6-9-2-3-9/h4-5,8-9,13H,2-3H2,1H3,(H,22,23)/t13-,16?/m1/s1. The van der Waals surface area contributed by atoms with Crippen LogP contribution >= 0.6 is 11.6 Å². The van der Waals surface area contributed by atoms with Gasteiger partial charge in [-0.05, 0) is 31.0 Å². The highest BCUT2D eigenvalue weighted by Gasteiger charge is 2.67. The second-order valence-electron chi connectivity index (χ2n) is 5.98. The fourth-order valence-corrected chi connectivity index (χ4v) is 3.05. The maximum Gasteiger partial charge on any atom is 0.410 e. The number of rotatable bonds is 1. The van der Waals surface area contributed by atoms with E-state index in [-0.39, 0.29) is 22.2 Å². The number of ether oxygens (including phenoxy) is 1. The van der Waals surface area contributed by atoms with Crippen molar-refractivity contribution in [3.05, 3.63) is 28.8 Å². The van der Waals surface area contributed by atoms with Gasteiger partial charge in [-0.2, -0.15) is 13.2 Å². The number of amides is 1. The van der Waals surface area contributed by atoms with Crippen molar-refractivity contribution >= 4 is 29.2 Å². The van der Waals surface area contributed by atoms with Gasteiger partial charge >= 0.3 is 12.1 Å². The first-order valence-corrected chi connectivity index (χ1v) is 7.86. The Morgan fingerprint density at radius 1 is 1.40 bits per heavy atom. The number of hydrogen-bond donors (Lipinski definition) is 1.